The number of rotatable bonds is 5. The number of benzene rings is 1. The summed E-state index contributed by atoms with van der Waals surface area (Å²) >= 11 is 5.98. The van der Waals surface area contributed by atoms with Gasteiger partial charge in [0, 0.05) is 18.9 Å². The maximum atomic E-state index is 11.7. The molecule has 5 heteroatoms. The fraction of sp³-hybridized carbons (Fsp3) is 0.143. The zero-order valence-corrected chi connectivity index (χ0v) is 11.0. The Hall–Kier alpha value is -2.07. The molecule has 0 bridgehead atoms. The van der Waals surface area contributed by atoms with Crippen LogP contribution in [-0.4, -0.2) is 17.4 Å². The lowest BCUT2D eigenvalue weighted by Crippen LogP contribution is -2.29. The fourth-order valence-corrected chi connectivity index (χ4v) is 1.75. The predicted molar refractivity (Wildman–Crippen MR) is 76.0 cm³/mol. The minimum Gasteiger partial charge on any atom is -0.375 e. The van der Waals surface area contributed by atoms with Crippen LogP contribution in [0.3, 0.4) is 0 Å². The Morgan fingerprint density at radius 2 is 2.05 bits per heavy atom. The molecule has 2 aromatic rings. The first-order valence-electron chi connectivity index (χ1n) is 5.90. The van der Waals surface area contributed by atoms with Gasteiger partial charge in [-0.05, 0) is 23.8 Å². The topological polar surface area (TPSA) is 54.0 Å². The van der Waals surface area contributed by atoms with E-state index in [-0.39, 0.29) is 12.5 Å². The van der Waals surface area contributed by atoms with Crippen LogP contribution < -0.4 is 10.6 Å². The van der Waals surface area contributed by atoms with Crippen molar-refractivity contribution in [2.45, 2.75) is 6.54 Å². The molecule has 0 saturated carbocycles. The van der Waals surface area contributed by atoms with Crippen molar-refractivity contribution in [1.29, 1.82) is 0 Å². The van der Waals surface area contributed by atoms with E-state index in [9.17, 15) is 4.79 Å². The number of pyridine rings is 1. The van der Waals surface area contributed by atoms with E-state index >= 15 is 0 Å². The number of hydrogen-bond acceptors (Lipinski definition) is 3. The molecule has 98 valence electrons. The summed E-state index contributed by atoms with van der Waals surface area (Å²) in [6.07, 6.45) is 3.42. The SMILES string of the molecule is O=C(CNc1ccccc1Cl)NCc1cccnc1. The first-order chi connectivity index (χ1) is 9.25. The number of hydrogen-bond donors (Lipinski definition) is 2. The van der Waals surface area contributed by atoms with Gasteiger partial charge in [0.25, 0.3) is 0 Å². The summed E-state index contributed by atoms with van der Waals surface area (Å²) in [4.78, 5) is 15.6. The lowest BCUT2D eigenvalue weighted by Gasteiger charge is -2.08. The molecule has 0 spiro atoms. The van der Waals surface area contributed by atoms with Crippen molar-refractivity contribution >= 4 is 23.2 Å². The molecule has 0 fully saturated rings. The van der Waals surface area contributed by atoms with Gasteiger partial charge in [-0.3, -0.25) is 9.78 Å². The van der Waals surface area contributed by atoms with Crippen LogP contribution in [-0.2, 0) is 11.3 Å². The van der Waals surface area contributed by atoms with Crippen molar-refractivity contribution in [3.8, 4) is 0 Å². The first kappa shape index (κ1) is 13.4. The van der Waals surface area contributed by atoms with Gasteiger partial charge < -0.3 is 10.6 Å². The third-order valence-corrected chi connectivity index (χ3v) is 2.86. The molecule has 0 aliphatic rings. The van der Waals surface area contributed by atoms with Gasteiger partial charge in [-0.25, -0.2) is 0 Å². The number of halogens is 1. The molecule has 1 amide bonds. The number of nitrogens with one attached hydrogen (secondary N) is 2. The average molecular weight is 276 g/mol. The maximum absolute atomic E-state index is 11.7. The second kappa shape index (κ2) is 6.75. The largest absolute Gasteiger partial charge is 0.375 e. The van der Waals surface area contributed by atoms with E-state index < -0.39 is 0 Å². The van der Waals surface area contributed by atoms with Crippen molar-refractivity contribution in [3.05, 3.63) is 59.4 Å². The Kier molecular flexibility index (Phi) is 4.75. The predicted octanol–water partition coefficient (Wildman–Crippen LogP) is 2.46. The molecular weight excluding hydrogens is 262 g/mol. The van der Waals surface area contributed by atoms with E-state index in [4.69, 9.17) is 11.6 Å². The maximum Gasteiger partial charge on any atom is 0.239 e. The monoisotopic (exact) mass is 275 g/mol. The molecule has 2 rings (SSSR count). The van der Waals surface area contributed by atoms with Crippen LogP contribution in [0, 0.1) is 0 Å². The van der Waals surface area contributed by atoms with Gasteiger partial charge in [-0.2, -0.15) is 0 Å². The number of carbonyl (C=O) groups excluding carboxylic acids is 1. The molecule has 0 atom stereocenters. The summed E-state index contributed by atoms with van der Waals surface area (Å²) in [5, 5.41) is 6.39. The molecule has 4 nitrogen and oxygen atoms in total. The van der Waals surface area contributed by atoms with Crippen LogP contribution in [0.2, 0.25) is 5.02 Å². The molecular formula is C14H14ClN3O. The zero-order chi connectivity index (χ0) is 13.5. The molecule has 1 heterocycles. The highest BCUT2D eigenvalue weighted by atomic mass is 35.5. The highest BCUT2D eigenvalue weighted by Gasteiger charge is 2.03. The van der Waals surface area contributed by atoms with E-state index in [1.807, 2.05) is 30.3 Å². The Morgan fingerprint density at radius 3 is 2.79 bits per heavy atom. The molecule has 0 aliphatic carbocycles. The molecule has 19 heavy (non-hydrogen) atoms. The van der Waals surface area contributed by atoms with Crippen molar-refractivity contribution in [3.63, 3.8) is 0 Å². The minimum absolute atomic E-state index is 0.0937. The summed E-state index contributed by atoms with van der Waals surface area (Å²) in [6.45, 7) is 0.654. The summed E-state index contributed by atoms with van der Waals surface area (Å²) < 4.78 is 0. The van der Waals surface area contributed by atoms with Crippen LogP contribution in [0.5, 0.6) is 0 Å². The van der Waals surface area contributed by atoms with Gasteiger partial charge in [0.2, 0.25) is 5.91 Å². The minimum atomic E-state index is -0.0937. The summed E-state index contributed by atoms with van der Waals surface area (Å²) in [7, 11) is 0. The van der Waals surface area contributed by atoms with Crippen LogP contribution in [0.1, 0.15) is 5.56 Å². The molecule has 1 aromatic carbocycles. The van der Waals surface area contributed by atoms with Gasteiger partial charge in [-0.1, -0.05) is 29.8 Å². The number of carbonyl (C=O) groups is 1. The highest BCUT2D eigenvalue weighted by molar-refractivity contribution is 6.33. The summed E-state index contributed by atoms with van der Waals surface area (Å²) in [6, 6.07) is 11.1. The van der Waals surface area contributed by atoms with Gasteiger partial charge in [-0.15, -0.1) is 0 Å². The Labute approximate surface area is 116 Å². The van der Waals surface area contributed by atoms with E-state index in [0.29, 0.717) is 11.6 Å². The zero-order valence-electron chi connectivity index (χ0n) is 10.3. The van der Waals surface area contributed by atoms with Crippen LogP contribution in [0.4, 0.5) is 5.69 Å². The number of para-hydroxylation sites is 1. The van der Waals surface area contributed by atoms with E-state index in [2.05, 4.69) is 15.6 Å². The highest BCUT2D eigenvalue weighted by Crippen LogP contribution is 2.19. The lowest BCUT2D eigenvalue weighted by molar-refractivity contribution is -0.119. The third kappa shape index (κ3) is 4.26. The van der Waals surface area contributed by atoms with Crippen molar-refractivity contribution in [1.82, 2.24) is 10.3 Å². The van der Waals surface area contributed by atoms with Gasteiger partial charge >= 0.3 is 0 Å². The second-order valence-electron chi connectivity index (χ2n) is 3.97. The summed E-state index contributed by atoms with van der Waals surface area (Å²) in [5.41, 5.74) is 1.72. The number of aromatic nitrogens is 1. The summed E-state index contributed by atoms with van der Waals surface area (Å²) in [5.74, 6) is -0.0937. The number of anilines is 1. The van der Waals surface area contributed by atoms with Gasteiger partial charge in [0.05, 0.1) is 17.3 Å². The molecule has 0 radical (unpaired) electrons. The van der Waals surface area contributed by atoms with Crippen molar-refractivity contribution in [2.75, 3.05) is 11.9 Å². The van der Waals surface area contributed by atoms with Crippen LogP contribution in [0.25, 0.3) is 0 Å². The molecule has 0 aliphatic heterocycles. The normalized spacial score (nSPS) is 9.95. The second-order valence-corrected chi connectivity index (χ2v) is 4.38. The van der Waals surface area contributed by atoms with E-state index in [1.54, 1.807) is 18.5 Å². The number of nitrogens with zero attached hydrogens (tertiary/aromatic N) is 1. The van der Waals surface area contributed by atoms with Crippen molar-refractivity contribution < 1.29 is 4.79 Å². The average Bonchev–Trinajstić information content (AvgIpc) is 2.45. The van der Waals surface area contributed by atoms with Gasteiger partial charge in [0.1, 0.15) is 0 Å². The van der Waals surface area contributed by atoms with E-state index in [0.717, 1.165) is 11.3 Å². The van der Waals surface area contributed by atoms with Crippen LogP contribution >= 0.6 is 11.6 Å². The molecule has 2 N–H and O–H groups in total. The lowest BCUT2D eigenvalue weighted by atomic mass is 10.3. The van der Waals surface area contributed by atoms with E-state index in [1.165, 1.54) is 0 Å². The number of amides is 1. The molecule has 1 aromatic heterocycles. The molecule has 0 saturated heterocycles. The smallest absolute Gasteiger partial charge is 0.239 e. The van der Waals surface area contributed by atoms with Gasteiger partial charge in [0.15, 0.2) is 0 Å². The Balaban J connectivity index is 1.78. The fourth-order valence-electron chi connectivity index (χ4n) is 1.55. The standard InChI is InChI=1S/C14H14ClN3O/c15-12-5-1-2-6-13(12)17-10-14(19)18-9-11-4-3-7-16-8-11/h1-8,17H,9-10H2,(H,18,19). The molecule has 0 unspecified atom stereocenters. The Bertz CT molecular complexity index is 545. The first-order valence-corrected chi connectivity index (χ1v) is 6.27. The Morgan fingerprint density at radius 1 is 1.21 bits per heavy atom. The van der Waals surface area contributed by atoms with Crippen molar-refractivity contribution in [2.24, 2.45) is 0 Å². The third-order valence-electron chi connectivity index (χ3n) is 2.53. The quantitative estimate of drug-likeness (QED) is 0.881. The van der Waals surface area contributed by atoms with Crippen LogP contribution in [0.15, 0.2) is 48.8 Å².